The predicted molar refractivity (Wildman–Crippen MR) is 232 cm³/mol. The SMILES string of the molecule is O=C1CCC(N2C(=O)c3cccc(NCCOCCOCCOCCOCCOC(=O)N4CCN(c5ccc(-c6cnc(CCc7ccco7)n7cnnc67)cc5)CC4)c3C2=O)C(=O)N1. The zero-order chi connectivity index (χ0) is 45.0. The summed E-state index contributed by atoms with van der Waals surface area (Å²) in [7, 11) is 0. The van der Waals surface area contributed by atoms with Gasteiger partial charge in [0, 0.05) is 75.1 Å². The van der Waals surface area contributed by atoms with Crippen LogP contribution in [0, 0.1) is 0 Å². The molecule has 2 N–H and O–H groups in total. The number of hydrogen-bond acceptors (Lipinski definition) is 16. The molecule has 2 fully saturated rings. The molecule has 1 unspecified atom stereocenters. The maximum atomic E-state index is 13.2. The van der Waals surface area contributed by atoms with Crippen molar-refractivity contribution in [2.45, 2.75) is 31.7 Å². The third-order valence-electron chi connectivity index (χ3n) is 11.3. The number of nitrogens with zero attached hydrogens (tertiary/aromatic N) is 7. The molecule has 5 amide bonds. The van der Waals surface area contributed by atoms with E-state index in [1.807, 2.05) is 22.7 Å². The average Bonchev–Trinajstić information content (AvgIpc) is 4.10. The standard InChI is InChI=1S/C45H51N9O11/c55-39-13-11-37(42(56)49-39)54-43(57)34-4-1-5-36(40(34)44(54)58)46-14-20-60-21-22-61-23-24-62-25-26-63-27-28-65-45(59)52-17-15-51(16-18-52)32-8-6-31(7-9-32)35-29-47-38(53-30-48-50-41(35)53)12-10-33-3-2-19-64-33/h1-9,19,29-30,37,46H,10-18,20-28H2,(H,49,55,56). The van der Waals surface area contributed by atoms with Gasteiger partial charge in [0.25, 0.3) is 11.8 Å². The van der Waals surface area contributed by atoms with Crippen LogP contribution in [0.15, 0.2) is 77.8 Å². The summed E-state index contributed by atoms with van der Waals surface area (Å²) in [5, 5.41) is 13.8. The highest BCUT2D eigenvalue weighted by molar-refractivity contribution is 6.25. The number of piperazine rings is 1. The highest BCUT2D eigenvalue weighted by Crippen LogP contribution is 2.32. The fourth-order valence-electron chi connectivity index (χ4n) is 7.91. The minimum absolute atomic E-state index is 0.0570. The van der Waals surface area contributed by atoms with E-state index in [4.69, 9.17) is 33.1 Å². The van der Waals surface area contributed by atoms with Crippen molar-refractivity contribution in [3.63, 3.8) is 0 Å². The first kappa shape index (κ1) is 44.9. The summed E-state index contributed by atoms with van der Waals surface area (Å²) in [6.45, 7) is 5.72. The van der Waals surface area contributed by atoms with Crippen LogP contribution in [0.2, 0.25) is 0 Å². The molecule has 3 aromatic heterocycles. The molecule has 5 aromatic rings. The minimum Gasteiger partial charge on any atom is -0.469 e. The molecule has 2 aromatic carbocycles. The van der Waals surface area contributed by atoms with Gasteiger partial charge in [0.05, 0.1) is 70.2 Å². The fourth-order valence-corrected chi connectivity index (χ4v) is 7.91. The lowest BCUT2D eigenvalue weighted by Gasteiger charge is -2.35. The third kappa shape index (κ3) is 11.0. The molecule has 0 radical (unpaired) electrons. The van der Waals surface area contributed by atoms with Crippen molar-refractivity contribution in [2.75, 3.05) is 102 Å². The van der Waals surface area contributed by atoms with Crippen molar-refractivity contribution in [1.82, 2.24) is 34.7 Å². The molecule has 2 saturated heterocycles. The molecule has 1 atom stereocenters. The second-order valence-corrected chi connectivity index (χ2v) is 15.4. The molecular formula is C45H51N9O11. The summed E-state index contributed by atoms with van der Waals surface area (Å²) >= 11 is 0. The number of aromatic nitrogens is 4. The van der Waals surface area contributed by atoms with Crippen molar-refractivity contribution in [1.29, 1.82) is 0 Å². The predicted octanol–water partition coefficient (Wildman–Crippen LogP) is 3.01. The minimum atomic E-state index is -1.02. The van der Waals surface area contributed by atoms with Gasteiger partial charge in [0.15, 0.2) is 5.65 Å². The lowest BCUT2D eigenvalue weighted by atomic mass is 10.0. The van der Waals surface area contributed by atoms with E-state index < -0.39 is 29.7 Å². The second-order valence-electron chi connectivity index (χ2n) is 15.4. The molecule has 20 nitrogen and oxygen atoms in total. The zero-order valence-electron chi connectivity index (χ0n) is 35.9. The van der Waals surface area contributed by atoms with Crippen LogP contribution in [0.25, 0.3) is 16.8 Å². The number of ether oxygens (including phenoxy) is 5. The van der Waals surface area contributed by atoms with Crippen LogP contribution in [0.1, 0.15) is 45.1 Å². The third-order valence-corrected chi connectivity index (χ3v) is 11.3. The molecule has 0 aliphatic carbocycles. The molecule has 6 heterocycles. The van der Waals surface area contributed by atoms with Crippen molar-refractivity contribution in [2.24, 2.45) is 0 Å². The Morgan fingerprint density at radius 1 is 0.785 bits per heavy atom. The lowest BCUT2D eigenvalue weighted by Crippen LogP contribution is -2.54. The summed E-state index contributed by atoms with van der Waals surface area (Å²) in [6.07, 6.45) is 6.44. The maximum absolute atomic E-state index is 13.2. The van der Waals surface area contributed by atoms with E-state index in [-0.39, 0.29) is 43.3 Å². The molecule has 0 bridgehead atoms. The Kier molecular flexibility index (Phi) is 15.0. The van der Waals surface area contributed by atoms with Crippen LogP contribution >= 0.6 is 0 Å². The Labute approximate surface area is 374 Å². The van der Waals surface area contributed by atoms with Crippen LogP contribution in [-0.2, 0) is 46.1 Å². The van der Waals surface area contributed by atoms with Gasteiger partial charge in [0.1, 0.15) is 30.6 Å². The van der Waals surface area contributed by atoms with Crippen molar-refractivity contribution in [3.8, 4) is 11.1 Å². The highest BCUT2D eigenvalue weighted by Gasteiger charge is 2.45. The number of benzene rings is 2. The van der Waals surface area contributed by atoms with Crippen LogP contribution in [0.3, 0.4) is 0 Å². The first-order valence-corrected chi connectivity index (χ1v) is 21.7. The van der Waals surface area contributed by atoms with Crippen LogP contribution in [0.4, 0.5) is 16.2 Å². The normalized spacial score (nSPS) is 16.4. The van der Waals surface area contributed by atoms with E-state index >= 15 is 0 Å². The van der Waals surface area contributed by atoms with Gasteiger partial charge in [-0.2, -0.15) is 0 Å². The van der Waals surface area contributed by atoms with Gasteiger partial charge in [-0.1, -0.05) is 18.2 Å². The number of furan rings is 1. The van der Waals surface area contributed by atoms with Crippen LogP contribution < -0.4 is 15.5 Å². The van der Waals surface area contributed by atoms with Crippen molar-refractivity contribution >= 4 is 46.7 Å². The number of nitrogens with one attached hydrogen (secondary N) is 2. The summed E-state index contributed by atoms with van der Waals surface area (Å²) < 4.78 is 35.1. The molecule has 3 aliphatic rings. The average molecular weight is 894 g/mol. The number of fused-ring (bicyclic) bond motifs is 2. The number of amides is 5. The summed E-state index contributed by atoms with van der Waals surface area (Å²) in [6, 6.07) is 16.0. The first-order valence-electron chi connectivity index (χ1n) is 21.7. The molecule has 65 heavy (non-hydrogen) atoms. The largest absolute Gasteiger partial charge is 0.469 e. The number of imide groups is 2. The van der Waals surface area contributed by atoms with Gasteiger partial charge in [-0.3, -0.25) is 33.8 Å². The van der Waals surface area contributed by atoms with E-state index in [1.54, 1.807) is 35.7 Å². The van der Waals surface area contributed by atoms with Crippen LogP contribution in [-0.4, -0.2) is 157 Å². The maximum Gasteiger partial charge on any atom is 0.409 e. The summed E-state index contributed by atoms with van der Waals surface area (Å²) in [5.74, 6) is -0.433. The molecule has 0 spiro atoms. The number of carbonyl (C=O) groups excluding carboxylic acids is 5. The van der Waals surface area contributed by atoms with Crippen molar-refractivity contribution < 1.29 is 52.1 Å². The highest BCUT2D eigenvalue weighted by atomic mass is 16.6. The Morgan fingerprint density at radius 2 is 1.51 bits per heavy atom. The molecule has 3 aliphatic heterocycles. The van der Waals surface area contributed by atoms with Gasteiger partial charge in [-0.15, -0.1) is 10.2 Å². The Balaban J connectivity index is 0.628. The van der Waals surface area contributed by atoms with Gasteiger partial charge in [-0.05, 0) is 48.4 Å². The van der Waals surface area contributed by atoms with Gasteiger partial charge in [-0.25, -0.2) is 9.78 Å². The van der Waals surface area contributed by atoms with E-state index in [0.717, 1.165) is 45.4 Å². The smallest absolute Gasteiger partial charge is 0.409 e. The van der Waals surface area contributed by atoms with Crippen LogP contribution in [0.5, 0.6) is 0 Å². The lowest BCUT2D eigenvalue weighted by molar-refractivity contribution is -0.136. The summed E-state index contributed by atoms with van der Waals surface area (Å²) in [4.78, 5) is 72.4. The number of aryl methyl sites for hydroxylation is 2. The molecule has 8 rings (SSSR count). The van der Waals surface area contributed by atoms with E-state index in [1.165, 1.54) is 0 Å². The zero-order valence-corrected chi connectivity index (χ0v) is 35.9. The molecular weight excluding hydrogens is 843 g/mol. The number of hydrogen-bond donors (Lipinski definition) is 2. The number of piperidine rings is 1. The van der Waals surface area contributed by atoms with Gasteiger partial charge in [0.2, 0.25) is 11.8 Å². The number of anilines is 2. The number of rotatable bonds is 22. The first-order chi connectivity index (χ1) is 31.9. The Morgan fingerprint density at radius 3 is 2.22 bits per heavy atom. The van der Waals surface area contributed by atoms with E-state index in [2.05, 4.69) is 50.0 Å². The van der Waals surface area contributed by atoms with Crippen molar-refractivity contribution in [3.05, 3.63) is 96.1 Å². The fraction of sp³-hybridized carbons (Fsp3) is 0.422. The van der Waals surface area contributed by atoms with Gasteiger partial charge < -0.3 is 43.2 Å². The molecule has 20 heteroatoms. The second kappa shape index (κ2) is 21.8. The molecule has 342 valence electrons. The summed E-state index contributed by atoms with van der Waals surface area (Å²) in [5.41, 5.74) is 4.58. The molecule has 0 saturated carbocycles. The van der Waals surface area contributed by atoms with E-state index in [0.29, 0.717) is 91.1 Å². The number of carbonyl (C=O) groups is 5. The van der Waals surface area contributed by atoms with E-state index in [9.17, 15) is 24.0 Å². The Bertz CT molecular complexity index is 2440. The monoisotopic (exact) mass is 893 g/mol. The Hall–Kier alpha value is -6.74. The quantitative estimate of drug-likeness (QED) is 0.0753. The topological polar surface area (TPSA) is 221 Å². The van der Waals surface area contributed by atoms with Gasteiger partial charge >= 0.3 is 6.09 Å².